The van der Waals surface area contributed by atoms with Gasteiger partial charge in [-0.05, 0) is 117 Å². The Balaban J connectivity index is 1.08. The Kier molecular flexibility index (Phi) is 7.38. The average Bonchev–Trinajstić information content (AvgIpc) is 2.82. The fraction of sp³-hybridized carbons (Fsp3) is 0.600. The molecule has 190 valence electrons. The Bertz CT molecular complexity index is 970. The molecule has 0 radical (unpaired) electrons. The molecular weight excluding hydrogens is 438 g/mol. The second-order valence-corrected chi connectivity index (χ2v) is 11.7. The van der Waals surface area contributed by atoms with Gasteiger partial charge >= 0.3 is 0 Å². The summed E-state index contributed by atoms with van der Waals surface area (Å²) in [5.74, 6) is 3.97. The number of nitrogens with one attached hydrogen (secondary N) is 1. The van der Waals surface area contributed by atoms with Crippen molar-refractivity contribution in [3.05, 3.63) is 59.2 Å². The zero-order valence-electron chi connectivity index (χ0n) is 21.0. The van der Waals surface area contributed by atoms with Crippen molar-refractivity contribution in [2.45, 2.75) is 77.0 Å². The van der Waals surface area contributed by atoms with E-state index < -0.39 is 6.10 Å². The molecule has 0 spiro atoms. The van der Waals surface area contributed by atoms with E-state index in [2.05, 4.69) is 36.5 Å². The van der Waals surface area contributed by atoms with Crippen molar-refractivity contribution in [1.82, 2.24) is 5.32 Å². The van der Waals surface area contributed by atoms with Crippen LogP contribution in [-0.2, 0) is 13.0 Å². The average molecular weight is 480 g/mol. The zero-order chi connectivity index (χ0) is 24.4. The summed E-state index contributed by atoms with van der Waals surface area (Å²) in [6.07, 6.45) is 10.1. The smallest absolute Gasteiger partial charge is 0.121 e. The minimum absolute atomic E-state index is 0.0461. The summed E-state index contributed by atoms with van der Waals surface area (Å²) in [6.45, 7) is 3.08. The van der Waals surface area contributed by atoms with Gasteiger partial charge < -0.3 is 25.4 Å². The summed E-state index contributed by atoms with van der Waals surface area (Å²) in [5, 5.41) is 33.0. The number of hydrogen-bond donors (Lipinski definition) is 4. The second-order valence-electron chi connectivity index (χ2n) is 11.7. The van der Waals surface area contributed by atoms with Crippen molar-refractivity contribution in [3.8, 4) is 11.5 Å². The van der Waals surface area contributed by atoms with E-state index in [9.17, 15) is 15.3 Å². The van der Waals surface area contributed by atoms with E-state index in [1.165, 1.54) is 56.6 Å². The van der Waals surface area contributed by atoms with Gasteiger partial charge in [-0.1, -0.05) is 18.2 Å². The topological polar surface area (TPSA) is 82.0 Å². The van der Waals surface area contributed by atoms with Crippen LogP contribution in [0.5, 0.6) is 11.5 Å². The molecule has 0 amide bonds. The SMILES string of the molecule is C[C@H](Cc1cccc(OCCC23CC4CC(CC(C4)C2)C3)c1)NCC(O)c1ccc(O)c(CO)c1. The van der Waals surface area contributed by atoms with E-state index in [-0.39, 0.29) is 18.4 Å². The van der Waals surface area contributed by atoms with Gasteiger partial charge in [0.05, 0.1) is 19.3 Å². The van der Waals surface area contributed by atoms with Crippen molar-refractivity contribution in [3.63, 3.8) is 0 Å². The van der Waals surface area contributed by atoms with E-state index >= 15 is 0 Å². The van der Waals surface area contributed by atoms with Gasteiger partial charge in [-0.2, -0.15) is 0 Å². The molecule has 4 N–H and O–H groups in total. The monoisotopic (exact) mass is 479 g/mol. The zero-order valence-corrected chi connectivity index (χ0v) is 21.0. The summed E-state index contributed by atoms with van der Waals surface area (Å²) in [7, 11) is 0. The summed E-state index contributed by atoms with van der Waals surface area (Å²) < 4.78 is 6.25. The Morgan fingerprint density at radius 1 is 1.03 bits per heavy atom. The lowest BCUT2D eigenvalue weighted by Gasteiger charge is -2.57. The lowest BCUT2D eigenvalue weighted by Crippen LogP contribution is -2.46. The maximum Gasteiger partial charge on any atom is 0.121 e. The normalized spacial score (nSPS) is 28.7. The largest absolute Gasteiger partial charge is 0.508 e. The molecule has 4 saturated carbocycles. The van der Waals surface area contributed by atoms with Gasteiger partial charge in [-0.25, -0.2) is 0 Å². The molecule has 4 aliphatic rings. The summed E-state index contributed by atoms with van der Waals surface area (Å²) >= 11 is 0. The highest BCUT2D eigenvalue weighted by atomic mass is 16.5. The number of rotatable bonds is 11. The van der Waals surface area contributed by atoms with Crippen molar-refractivity contribution in [1.29, 1.82) is 0 Å². The fourth-order valence-corrected chi connectivity index (χ4v) is 7.54. The summed E-state index contributed by atoms with van der Waals surface area (Å²) in [5.41, 5.74) is 2.88. The van der Waals surface area contributed by atoms with Crippen LogP contribution >= 0.6 is 0 Å². The minimum Gasteiger partial charge on any atom is -0.508 e. The van der Waals surface area contributed by atoms with Crippen LogP contribution in [0, 0.1) is 23.2 Å². The van der Waals surface area contributed by atoms with Crippen molar-refractivity contribution >= 4 is 0 Å². The van der Waals surface area contributed by atoms with Crippen LogP contribution in [0.4, 0.5) is 0 Å². The van der Waals surface area contributed by atoms with Gasteiger partial charge in [0.1, 0.15) is 11.5 Å². The number of ether oxygens (including phenoxy) is 1. The molecule has 4 aliphatic carbocycles. The molecule has 2 aromatic rings. The fourth-order valence-electron chi connectivity index (χ4n) is 7.54. The molecule has 2 atom stereocenters. The molecule has 6 rings (SSSR count). The highest BCUT2D eigenvalue weighted by Gasteiger charge is 2.50. The van der Waals surface area contributed by atoms with Crippen LogP contribution < -0.4 is 10.1 Å². The predicted octanol–water partition coefficient (Wildman–Crippen LogP) is 5.12. The first kappa shape index (κ1) is 24.6. The molecule has 4 bridgehead atoms. The molecule has 1 unspecified atom stereocenters. The third-order valence-corrected chi connectivity index (χ3v) is 8.82. The second kappa shape index (κ2) is 10.5. The van der Waals surface area contributed by atoms with Crippen molar-refractivity contribution in [2.24, 2.45) is 23.2 Å². The van der Waals surface area contributed by atoms with E-state index in [4.69, 9.17) is 4.74 Å². The van der Waals surface area contributed by atoms with Crippen molar-refractivity contribution in [2.75, 3.05) is 13.2 Å². The molecular formula is C30H41NO4. The van der Waals surface area contributed by atoms with Gasteiger partial charge in [-0.3, -0.25) is 0 Å². The van der Waals surface area contributed by atoms with Crippen LogP contribution in [0.2, 0.25) is 0 Å². The van der Waals surface area contributed by atoms with Gasteiger partial charge in [0.25, 0.3) is 0 Å². The number of aliphatic hydroxyl groups excluding tert-OH is 2. The molecule has 4 fully saturated rings. The highest BCUT2D eigenvalue weighted by Crippen LogP contribution is 2.61. The third-order valence-electron chi connectivity index (χ3n) is 8.82. The molecule has 5 heteroatoms. The maximum absolute atomic E-state index is 10.5. The molecule has 2 aromatic carbocycles. The molecule has 0 saturated heterocycles. The first-order valence-electron chi connectivity index (χ1n) is 13.5. The van der Waals surface area contributed by atoms with Crippen LogP contribution in [0.1, 0.15) is 74.7 Å². The number of phenols is 1. The number of benzene rings is 2. The minimum atomic E-state index is -0.706. The molecule has 0 aromatic heterocycles. The number of aromatic hydroxyl groups is 1. The Labute approximate surface area is 209 Å². The molecule has 0 aliphatic heterocycles. The first-order valence-corrected chi connectivity index (χ1v) is 13.5. The van der Waals surface area contributed by atoms with Gasteiger partial charge in [0.2, 0.25) is 0 Å². The summed E-state index contributed by atoms with van der Waals surface area (Å²) in [6, 6.07) is 13.5. The standard InChI is InChI=1S/C30H41NO4/c1-20(31-18-29(34)25-5-6-28(33)26(14-25)19-32)9-21-3-2-4-27(13-21)35-8-7-30-15-22-10-23(16-30)12-24(11-22)17-30/h2-6,13-14,20,22-24,29,31-34H,7-12,15-19H2,1H3/t20-,22?,23?,24?,29?,30?/m1/s1. The highest BCUT2D eigenvalue weighted by molar-refractivity contribution is 5.36. The first-order chi connectivity index (χ1) is 16.9. The number of hydrogen-bond acceptors (Lipinski definition) is 5. The summed E-state index contributed by atoms with van der Waals surface area (Å²) in [4.78, 5) is 0. The third kappa shape index (κ3) is 5.84. The van der Waals surface area contributed by atoms with Gasteiger partial charge in [0.15, 0.2) is 0 Å². The van der Waals surface area contributed by atoms with E-state index in [1.807, 2.05) is 0 Å². The van der Waals surface area contributed by atoms with Crippen LogP contribution in [0.25, 0.3) is 0 Å². The predicted molar refractivity (Wildman–Crippen MR) is 137 cm³/mol. The van der Waals surface area contributed by atoms with Gasteiger partial charge in [0, 0.05) is 18.2 Å². The lowest BCUT2D eigenvalue weighted by molar-refractivity contribution is -0.0622. The molecule has 35 heavy (non-hydrogen) atoms. The Morgan fingerprint density at radius 2 is 1.74 bits per heavy atom. The lowest BCUT2D eigenvalue weighted by atomic mass is 9.49. The van der Waals surface area contributed by atoms with E-state index in [0.717, 1.165) is 36.5 Å². The molecule has 5 nitrogen and oxygen atoms in total. The number of aliphatic hydroxyl groups is 2. The van der Waals surface area contributed by atoms with Crippen molar-refractivity contribution < 1.29 is 20.1 Å². The van der Waals surface area contributed by atoms with Crippen LogP contribution in [0.15, 0.2) is 42.5 Å². The van der Waals surface area contributed by atoms with E-state index in [1.54, 1.807) is 12.1 Å². The van der Waals surface area contributed by atoms with Crippen LogP contribution in [0.3, 0.4) is 0 Å². The van der Waals surface area contributed by atoms with Gasteiger partial charge in [-0.15, -0.1) is 0 Å². The molecule has 0 heterocycles. The quantitative estimate of drug-likeness (QED) is 0.359. The maximum atomic E-state index is 10.5. The van der Waals surface area contributed by atoms with Crippen LogP contribution in [-0.4, -0.2) is 34.5 Å². The Hall–Kier alpha value is -2.08. The van der Waals surface area contributed by atoms with E-state index in [0.29, 0.717) is 23.1 Å². The Morgan fingerprint density at radius 3 is 2.43 bits per heavy atom.